The summed E-state index contributed by atoms with van der Waals surface area (Å²) >= 11 is 0. The molecule has 0 aromatic carbocycles. The molecule has 6 rings (SSSR count). The molecular formula is C30H52O4Si. The van der Waals surface area contributed by atoms with E-state index in [-0.39, 0.29) is 22.0 Å². The van der Waals surface area contributed by atoms with Gasteiger partial charge in [0.1, 0.15) is 0 Å². The van der Waals surface area contributed by atoms with Crippen LogP contribution in [0, 0.1) is 52.3 Å². The molecular weight excluding hydrogens is 452 g/mol. The van der Waals surface area contributed by atoms with Crippen LogP contribution >= 0.6 is 0 Å². The van der Waals surface area contributed by atoms with Gasteiger partial charge in [0.2, 0.25) is 0 Å². The summed E-state index contributed by atoms with van der Waals surface area (Å²) in [4.78, 5) is 0. The van der Waals surface area contributed by atoms with Crippen LogP contribution in [0.15, 0.2) is 0 Å². The summed E-state index contributed by atoms with van der Waals surface area (Å²) in [5.74, 6) is 3.96. The molecule has 0 amide bonds. The molecule has 0 saturated heterocycles. The van der Waals surface area contributed by atoms with Gasteiger partial charge in [0, 0.05) is 13.0 Å². The Bertz CT molecular complexity index is 884. The van der Waals surface area contributed by atoms with Crippen molar-refractivity contribution >= 4 is 8.32 Å². The first kappa shape index (κ1) is 25.3. The lowest BCUT2D eigenvalue weighted by Crippen LogP contribution is -2.65. The third-order valence-corrected chi connectivity index (χ3v) is 18.3. The Balaban J connectivity index is 1.21. The molecule has 4 nitrogen and oxygen atoms in total. The molecule has 0 aliphatic heterocycles. The van der Waals surface area contributed by atoms with Gasteiger partial charge in [-0.2, -0.15) is 0 Å². The monoisotopic (exact) mass is 504 g/mol. The van der Waals surface area contributed by atoms with Crippen LogP contribution < -0.4 is 0 Å². The Hall–Kier alpha value is 0.0569. The summed E-state index contributed by atoms with van der Waals surface area (Å²) < 4.78 is 6.50. The number of aliphatic hydroxyl groups excluding tert-OH is 1. The first-order valence-corrected chi connectivity index (χ1v) is 17.8. The largest absolute Gasteiger partial charge is 0.417 e. The van der Waals surface area contributed by atoms with Crippen molar-refractivity contribution in [3.63, 3.8) is 0 Å². The van der Waals surface area contributed by atoms with Gasteiger partial charge in [0.05, 0.1) is 17.3 Å². The first-order valence-electron chi connectivity index (χ1n) is 14.9. The average molecular weight is 505 g/mol. The quantitative estimate of drug-likeness (QED) is 0.329. The molecule has 0 bridgehead atoms. The van der Waals surface area contributed by atoms with Gasteiger partial charge in [0.15, 0.2) is 8.32 Å². The molecule has 6 saturated carbocycles. The van der Waals surface area contributed by atoms with Crippen molar-refractivity contribution in [1.29, 1.82) is 0 Å². The topological polar surface area (TPSA) is 69.9 Å². The molecule has 35 heavy (non-hydrogen) atoms. The summed E-state index contributed by atoms with van der Waals surface area (Å²) in [7, 11) is -1.75. The van der Waals surface area contributed by atoms with Crippen molar-refractivity contribution in [2.75, 3.05) is 6.61 Å². The van der Waals surface area contributed by atoms with Crippen molar-refractivity contribution in [2.24, 2.45) is 52.3 Å². The molecule has 200 valence electrons. The molecule has 5 heteroatoms. The van der Waals surface area contributed by atoms with Gasteiger partial charge in [-0.15, -0.1) is 0 Å². The number of rotatable bonds is 5. The molecule has 6 aliphatic rings. The second kappa shape index (κ2) is 7.37. The van der Waals surface area contributed by atoms with Crippen molar-refractivity contribution in [3.05, 3.63) is 0 Å². The van der Waals surface area contributed by atoms with Gasteiger partial charge < -0.3 is 19.7 Å². The van der Waals surface area contributed by atoms with Crippen molar-refractivity contribution < 1.29 is 19.7 Å². The van der Waals surface area contributed by atoms with E-state index in [1.165, 1.54) is 6.42 Å². The van der Waals surface area contributed by atoms with Crippen molar-refractivity contribution in [3.8, 4) is 0 Å². The fourth-order valence-corrected chi connectivity index (χ4v) is 11.7. The zero-order valence-electron chi connectivity index (χ0n) is 23.4. The predicted octanol–water partition coefficient (Wildman–Crippen LogP) is 5.75. The minimum Gasteiger partial charge on any atom is -0.417 e. The molecule has 3 N–H and O–H groups in total. The van der Waals surface area contributed by atoms with Crippen LogP contribution in [0.25, 0.3) is 0 Å². The summed E-state index contributed by atoms with van der Waals surface area (Å²) in [5, 5.41) is 35.1. The maximum atomic E-state index is 12.4. The second-order valence-electron chi connectivity index (χ2n) is 16.1. The highest BCUT2D eigenvalue weighted by molar-refractivity contribution is 6.74. The van der Waals surface area contributed by atoms with Crippen LogP contribution in [0.1, 0.15) is 92.4 Å². The Morgan fingerprint density at radius 2 is 1.57 bits per heavy atom. The Kier molecular flexibility index (Phi) is 5.34. The maximum absolute atomic E-state index is 12.4. The van der Waals surface area contributed by atoms with Gasteiger partial charge in [0.25, 0.3) is 0 Å². The highest BCUT2D eigenvalue weighted by Crippen LogP contribution is 2.82. The highest BCUT2D eigenvalue weighted by Gasteiger charge is 2.81. The van der Waals surface area contributed by atoms with E-state index in [1.54, 1.807) is 0 Å². The van der Waals surface area contributed by atoms with E-state index < -0.39 is 19.5 Å². The minimum absolute atomic E-state index is 0.00581. The molecule has 4 unspecified atom stereocenters. The maximum Gasteiger partial charge on any atom is 0.191 e. The summed E-state index contributed by atoms with van der Waals surface area (Å²) in [6, 6.07) is 0. The van der Waals surface area contributed by atoms with Crippen molar-refractivity contribution in [1.82, 2.24) is 0 Å². The standard InChI is InChI=1S/C30H52O4Si/c1-26(2,3)35(6,7)34-14-8-11-29(32)23-16-20(23)25-24-19-15-22(19)30(33)17-18(31)9-12-27(30,4)21(24)10-13-28(25,29)5/h18-25,31-33H,8-17H2,1-7H3/t18-,19-,20?,21?,22+,23-,24?,25?,27+,28-,29-,30+/m0/s1. The predicted molar refractivity (Wildman–Crippen MR) is 141 cm³/mol. The van der Waals surface area contributed by atoms with Crippen LogP contribution in [0.4, 0.5) is 0 Å². The number of aliphatic hydroxyl groups is 3. The van der Waals surface area contributed by atoms with E-state index in [9.17, 15) is 15.3 Å². The van der Waals surface area contributed by atoms with E-state index in [1.807, 2.05) is 0 Å². The Morgan fingerprint density at radius 3 is 2.26 bits per heavy atom. The SMILES string of the molecule is CC(C)(C)[Si](C)(C)OCCC[C@]1(O)[C@H]2CC2C2C3C(CC[C@@]21C)[C@@]1(C)CC[C@H](O)C[C@@]1(O)[C@@H]1C[C@H]31. The van der Waals surface area contributed by atoms with Gasteiger partial charge in [-0.3, -0.25) is 0 Å². The van der Waals surface area contributed by atoms with Gasteiger partial charge >= 0.3 is 0 Å². The fraction of sp³-hybridized carbons (Fsp3) is 1.00. The molecule has 0 aromatic rings. The third kappa shape index (κ3) is 3.17. The van der Waals surface area contributed by atoms with Crippen LogP contribution in [0.3, 0.4) is 0 Å². The molecule has 12 atom stereocenters. The van der Waals surface area contributed by atoms with E-state index in [4.69, 9.17) is 4.43 Å². The molecule has 0 radical (unpaired) electrons. The van der Waals surface area contributed by atoms with Crippen molar-refractivity contribution in [2.45, 2.75) is 128 Å². The van der Waals surface area contributed by atoms with Gasteiger partial charge in [-0.1, -0.05) is 34.6 Å². The molecule has 0 heterocycles. The van der Waals surface area contributed by atoms with E-state index >= 15 is 0 Å². The normalized spacial score (nSPS) is 56.4. The summed E-state index contributed by atoms with van der Waals surface area (Å²) in [6.45, 7) is 17.1. The lowest BCUT2D eigenvalue weighted by atomic mass is 9.42. The van der Waals surface area contributed by atoms with E-state index in [2.05, 4.69) is 47.7 Å². The molecule has 0 aromatic heterocycles. The van der Waals surface area contributed by atoms with Crippen LogP contribution in [-0.2, 0) is 4.43 Å². The molecule has 6 fully saturated rings. The van der Waals surface area contributed by atoms with Crippen LogP contribution in [0.2, 0.25) is 18.1 Å². The first-order chi connectivity index (χ1) is 16.1. The van der Waals surface area contributed by atoms with Gasteiger partial charge in [-0.25, -0.2) is 0 Å². The number of fused-ring (bicyclic) bond motifs is 10. The lowest BCUT2D eigenvalue weighted by Gasteiger charge is -2.64. The lowest BCUT2D eigenvalue weighted by molar-refractivity contribution is -0.237. The Labute approximate surface area is 214 Å². The fourth-order valence-electron chi connectivity index (χ4n) is 10.6. The summed E-state index contributed by atoms with van der Waals surface area (Å²) in [6.07, 6.45) is 8.47. The third-order valence-electron chi connectivity index (χ3n) is 13.8. The van der Waals surface area contributed by atoms with Crippen LogP contribution in [-0.4, -0.2) is 47.5 Å². The number of hydrogen-bond donors (Lipinski definition) is 3. The summed E-state index contributed by atoms with van der Waals surface area (Å²) in [5.41, 5.74) is -1.29. The zero-order chi connectivity index (χ0) is 25.4. The minimum atomic E-state index is -1.75. The highest BCUT2D eigenvalue weighted by atomic mass is 28.4. The zero-order valence-corrected chi connectivity index (χ0v) is 24.4. The van der Waals surface area contributed by atoms with E-state index in [0.717, 1.165) is 51.6 Å². The smallest absolute Gasteiger partial charge is 0.191 e. The van der Waals surface area contributed by atoms with Crippen LogP contribution in [0.5, 0.6) is 0 Å². The molecule has 0 spiro atoms. The van der Waals surface area contributed by atoms with E-state index in [0.29, 0.717) is 47.8 Å². The molecule has 6 aliphatic carbocycles. The average Bonchev–Trinajstić information content (AvgIpc) is 3.65. The number of hydrogen-bond acceptors (Lipinski definition) is 4. The van der Waals surface area contributed by atoms with Gasteiger partial charge in [-0.05, 0) is 122 Å². The Morgan fingerprint density at radius 1 is 0.914 bits per heavy atom. The second-order valence-corrected chi connectivity index (χ2v) is 20.9.